The SMILES string of the molecule is COC(C)(C)CCC(=O)c1cc(Br)ccc1F. The molecule has 2 nitrogen and oxygen atoms in total. The van der Waals surface area contributed by atoms with Crippen LogP contribution in [0.3, 0.4) is 0 Å². The Hall–Kier alpha value is -0.740. The van der Waals surface area contributed by atoms with Crippen LogP contribution >= 0.6 is 15.9 Å². The lowest BCUT2D eigenvalue weighted by atomic mass is 9.97. The van der Waals surface area contributed by atoms with Gasteiger partial charge in [0.2, 0.25) is 0 Å². The molecule has 0 saturated heterocycles. The molecule has 0 aliphatic rings. The van der Waals surface area contributed by atoms with Crippen LogP contribution in [-0.4, -0.2) is 18.5 Å². The lowest BCUT2D eigenvalue weighted by molar-refractivity contribution is 0.0141. The van der Waals surface area contributed by atoms with Gasteiger partial charge in [0.25, 0.3) is 0 Å². The monoisotopic (exact) mass is 302 g/mol. The van der Waals surface area contributed by atoms with Crippen molar-refractivity contribution in [2.24, 2.45) is 0 Å². The van der Waals surface area contributed by atoms with E-state index < -0.39 is 5.82 Å². The first-order valence-corrected chi connectivity index (χ1v) is 6.18. The number of halogens is 2. The molecule has 0 aromatic heterocycles. The summed E-state index contributed by atoms with van der Waals surface area (Å²) in [6, 6.07) is 4.38. The highest BCUT2D eigenvalue weighted by atomic mass is 79.9. The zero-order valence-electron chi connectivity index (χ0n) is 10.2. The summed E-state index contributed by atoms with van der Waals surface area (Å²) < 4.78 is 19.4. The van der Waals surface area contributed by atoms with Crippen LogP contribution in [0.4, 0.5) is 4.39 Å². The van der Waals surface area contributed by atoms with E-state index in [2.05, 4.69) is 15.9 Å². The van der Waals surface area contributed by atoms with Crippen LogP contribution in [0, 0.1) is 5.82 Å². The Labute approximate surface area is 109 Å². The quantitative estimate of drug-likeness (QED) is 0.769. The van der Waals surface area contributed by atoms with Gasteiger partial charge < -0.3 is 4.74 Å². The second-order valence-electron chi connectivity index (χ2n) is 4.51. The van der Waals surface area contributed by atoms with E-state index in [-0.39, 0.29) is 23.4 Å². The molecule has 0 radical (unpaired) electrons. The molecule has 0 bridgehead atoms. The topological polar surface area (TPSA) is 26.3 Å². The van der Waals surface area contributed by atoms with Crippen LogP contribution < -0.4 is 0 Å². The van der Waals surface area contributed by atoms with Crippen LogP contribution in [-0.2, 0) is 4.74 Å². The van der Waals surface area contributed by atoms with Crippen LogP contribution in [0.25, 0.3) is 0 Å². The molecule has 4 heteroatoms. The van der Waals surface area contributed by atoms with Gasteiger partial charge in [0, 0.05) is 18.0 Å². The van der Waals surface area contributed by atoms with Gasteiger partial charge >= 0.3 is 0 Å². The largest absolute Gasteiger partial charge is 0.379 e. The Morgan fingerprint density at radius 1 is 1.47 bits per heavy atom. The zero-order chi connectivity index (χ0) is 13.1. The lowest BCUT2D eigenvalue weighted by Gasteiger charge is -2.22. The summed E-state index contributed by atoms with van der Waals surface area (Å²) in [6.45, 7) is 3.80. The number of benzene rings is 1. The first-order valence-electron chi connectivity index (χ1n) is 5.39. The van der Waals surface area contributed by atoms with Gasteiger partial charge in [-0.05, 0) is 38.5 Å². The van der Waals surface area contributed by atoms with Crippen molar-refractivity contribution in [3.8, 4) is 0 Å². The molecule has 0 amide bonds. The molecule has 1 rings (SSSR count). The highest BCUT2D eigenvalue weighted by Gasteiger charge is 2.20. The maximum absolute atomic E-state index is 13.4. The Kier molecular flexibility index (Phi) is 4.83. The number of ether oxygens (including phenoxy) is 1. The van der Waals surface area contributed by atoms with Gasteiger partial charge in [0.15, 0.2) is 5.78 Å². The van der Waals surface area contributed by atoms with Gasteiger partial charge in [-0.25, -0.2) is 4.39 Å². The molecule has 0 atom stereocenters. The van der Waals surface area contributed by atoms with E-state index in [0.29, 0.717) is 10.9 Å². The van der Waals surface area contributed by atoms with Crippen LogP contribution in [0.1, 0.15) is 37.0 Å². The summed E-state index contributed by atoms with van der Waals surface area (Å²) in [5.74, 6) is -0.678. The fourth-order valence-corrected chi connectivity index (χ4v) is 1.72. The Bertz CT molecular complexity index is 416. The first-order chi connectivity index (χ1) is 7.85. The minimum absolute atomic E-state index is 0.131. The Morgan fingerprint density at radius 2 is 2.12 bits per heavy atom. The van der Waals surface area contributed by atoms with Crippen molar-refractivity contribution in [1.82, 2.24) is 0 Å². The van der Waals surface area contributed by atoms with E-state index in [9.17, 15) is 9.18 Å². The van der Waals surface area contributed by atoms with Gasteiger partial charge in [-0.15, -0.1) is 0 Å². The normalized spacial score (nSPS) is 11.6. The van der Waals surface area contributed by atoms with E-state index in [4.69, 9.17) is 4.74 Å². The summed E-state index contributed by atoms with van der Waals surface area (Å²) in [5, 5.41) is 0. The summed E-state index contributed by atoms with van der Waals surface area (Å²) >= 11 is 3.23. The van der Waals surface area contributed by atoms with Gasteiger partial charge in [0.05, 0.1) is 11.2 Å². The number of ketones is 1. The molecule has 0 aliphatic carbocycles. The van der Waals surface area contributed by atoms with Gasteiger partial charge in [-0.1, -0.05) is 15.9 Å². The molecule has 0 aliphatic heterocycles. The van der Waals surface area contributed by atoms with Crippen molar-refractivity contribution >= 4 is 21.7 Å². The molecule has 0 spiro atoms. The Morgan fingerprint density at radius 3 is 2.71 bits per heavy atom. The molecule has 94 valence electrons. The van der Waals surface area contributed by atoms with Crippen molar-refractivity contribution in [1.29, 1.82) is 0 Å². The molecule has 0 unspecified atom stereocenters. The molecule has 1 aromatic rings. The first kappa shape index (κ1) is 14.3. The standard InChI is InChI=1S/C13H16BrFO2/c1-13(2,17-3)7-6-12(16)10-8-9(14)4-5-11(10)15/h4-5,8H,6-7H2,1-3H3. The second-order valence-corrected chi connectivity index (χ2v) is 5.43. The van der Waals surface area contributed by atoms with Crippen molar-refractivity contribution in [2.75, 3.05) is 7.11 Å². The highest BCUT2D eigenvalue weighted by molar-refractivity contribution is 9.10. The van der Waals surface area contributed by atoms with E-state index in [1.807, 2.05) is 13.8 Å². The minimum Gasteiger partial charge on any atom is -0.379 e. The maximum atomic E-state index is 13.4. The highest BCUT2D eigenvalue weighted by Crippen LogP contribution is 2.21. The van der Waals surface area contributed by atoms with Crippen molar-refractivity contribution in [2.45, 2.75) is 32.3 Å². The molecular formula is C13H16BrFO2. The molecule has 0 saturated carbocycles. The Balaban J connectivity index is 2.74. The van der Waals surface area contributed by atoms with Crippen molar-refractivity contribution in [3.63, 3.8) is 0 Å². The molecule has 0 N–H and O–H groups in total. The van der Waals surface area contributed by atoms with Crippen LogP contribution in [0.5, 0.6) is 0 Å². The van der Waals surface area contributed by atoms with E-state index in [1.165, 1.54) is 12.1 Å². The van der Waals surface area contributed by atoms with E-state index in [0.717, 1.165) is 0 Å². The third kappa shape index (κ3) is 4.21. The smallest absolute Gasteiger partial charge is 0.165 e. The lowest BCUT2D eigenvalue weighted by Crippen LogP contribution is -2.23. The summed E-state index contributed by atoms with van der Waals surface area (Å²) in [4.78, 5) is 11.9. The number of carbonyl (C=O) groups is 1. The van der Waals surface area contributed by atoms with Gasteiger partial charge in [-0.2, -0.15) is 0 Å². The third-order valence-electron chi connectivity index (χ3n) is 2.74. The molecule has 0 fully saturated rings. The molecule has 1 aromatic carbocycles. The van der Waals surface area contributed by atoms with Crippen LogP contribution in [0.15, 0.2) is 22.7 Å². The van der Waals surface area contributed by atoms with E-state index in [1.54, 1.807) is 13.2 Å². The van der Waals surface area contributed by atoms with E-state index >= 15 is 0 Å². The third-order valence-corrected chi connectivity index (χ3v) is 3.23. The fraction of sp³-hybridized carbons (Fsp3) is 0.462. The predicted molar refractivity (Wildman–Crippen MR) is 68.8 cm³/mol. The average Bonchev–Trinajstić information content (AvgIpc) is 2.29. The van der Waals surface area contributed by atoms with Crippen LogP contribution in [0.2, 0.25) is 0 Å². The number of hydrogen-bond acceptors (Lipinski definition) is 2. The van der Waals surface area contributed by atoms with Crippen molar-refractivity contribution in [3.05, 3.63) is 34.1 Å². The average molecular weight is 303 g/mol. The number of carbonyl (C=O) groups excluding carboxylic acids is 1. The predicted octanol–water partition coefficient (Wildman–Crippen LogP) is 3.98. The summed E-state index contributed by atoms with van der Waals surface area (Å²) in [7, 11) is 1.60. The van der Waals surface area contributed by atoms with Gasteiger partial charge in [-0.3, -0.25) is 4.79 Å². The zero-order valence-corrected chi connectivity index (χ0v) is 11.8. The number of methoxy groups -OCH3 is 1. The number of hydrogen-bond donors (Lipinski definition) is 0. The second kappa shape index (κ2) is 5.74. The minimum atomic E-state index is -0.478. The summed E-state index contributed by atoms with van der Waals surface area (Å²) in [5.41, 5.74) is -0.232. The van der Waals surface area contributed by atoms with Crippen molar-refractivity contribution < 1.29 is 13.9 Å². The number of Topliss-reactive ketones (excluding diaryl/α,β-unsaturated/α-hetero) is 1. The van der Waals surface area contributed by atoms with Gasteiger partial charge in [0.1, 0.15) is 5.82 Å². The maximum Gasteiger partial charge on any atom is 0.165 e. The fourth-order valence-electron chi connectivity index (χ4n) is 1.36. The molecule has 0 heterocycles. The number of rotatable bonds is 5. The molecule has 17 heavy (non-hydrogen) atoms. The molecular weight excluding hydrogens is 287 g/mol. The summed E-state index contributed by atoms with van der Waals surface area (Å²) in [6.07, 6.45) is 0.836.